The molecule has 0 saturated carbocycles. The Hall–Kier alpha value is -3.09. The minimum Gasteiger partial charge on any atom is -0.379 e. The van der Waals surface area contributed by atoms with Crippen molar-refractivity contribution >= 4 is 50.7 Å². The summed E-state index contributed by atoms with van der Waals surface area (Å²) in [5.41, 5.74) is 8.48. The van der Waals surface area contributed by atoms with E-state index in [4.69, 9.17) is 25.7 Å². The van der Waals surface area contributed by atoms with E-state index < -0.39 is 34.7 Å². The molecule has 0 radical (unpaired) electrons. The number of halogens is 1. The maximum absolute atomic E-state index is 12.6. The van der Waals surface area contributed by atoms with Gasteiger partial charge >= 0.3 is 11.9 Å². The number of piperazine rings is 1. The Morgan fingerprint density at radius 1 is 0.973 bits per heavy atom. The first-order chi connectivity index (χ1) is 17.8. The number of anilines is 1. The molecular formula is C25H27ClN4O6S. The molecule has 3 aliphatic rings. The highest BCUT2D eigenvalue weighted by Crippen LogP contribution is 2.65. The zero-order valence-electron chi connectivity index (χ0n) is 19.8. The highest BCUT2D eigenvalue weighted by molar-refractivity contribution is 8.42. The van der Waals surface area contributed by atoms with Crippen LogP contribution in [0, 0.1) is 0 Å². The largest absolute Gasteiger partial charge is 0.379 e. The monoisotopic (exact) mass is 546 g/mol. The molecule has 2 aromatic rings. The number of aliphatic hydroxyl groups is 2. The van der Waals surface area contributed by atoms with Crippen molar-refractivity contribution in [2.45, 2.75) is 18.6 Å². The summed E-state index contributed by atoms with van der Waals surface area (Å²) in [5, 5.41) is 20.6. The quantitative estimate of drug-likeness (QED) is 0.514. The van der Waals surface area contributed by atoms with Gasteiger partial charge in [-0.05, 0) is 28.8 Å². The SMILES string of the molecule is NC1=NC(c2ccccc2)=C(CCN2CCN(c3cccc(Cl)c3)CC2)S12OC(=O)C(O)C(O)C(=O)O2. The lowest BCUT2D eigenvalue weighted by atomic mass is 10.1. The molecule has 5 rings (SSSR count). The lowest BCUT2D eigenvalue weighted by Gasteiger charge is -2.39. The molecule has 2 unspecified atom stereocenters. The van der Waals surface area contributed by atoms with Crippen molar-refractivity contribution in [2.24, 2.45) is 10.7 Å². The van der Waals surface area contributed by atoms with Gasteiger partial charge in [-0.3, -0.25) is 4.90 Å². The highest BCUT2D eigenvalue weighted by Gasteiger charge is 2.51. The van der Waals surface area contributed by atoms with Crippen LogP contribution in [0.15, 0.2) is 64.5 Å². The van der Waals surface area contributed by atoms with Gasteiger partial charge in [-0.1, -0.05) is 48.0 Å². The van der Waals surface area contributed by atoms with Crippen molar-refractivity contribution in [1.29, 1.82) is 0 Å². The Labute approximate surface area is 220 Å². The summed E-state index contributed by atoms with van der Waals surface area (Å²) in [6.07, 6.45) is -3.81. The van der Waals surface area contributed by atoms with E-state index in [9.17, 15) is 19.8 Å². The van der Waals surface area contributed by atoms with Gasteiger partial charge in [-0.2, -0.15) is 0 Å². The topological polar surface area (TPSA) is 138 Å². The second kappa shape index (κ2) is 10.3. The third kappa shape index (κ3) is 4.92. The van der Waals surface area contributed by atoms with E-state index in [1.54, 1.807) is 0 Å². The van der Waals surface area contributed by atoms with E-state index in [2.05, 4.69) is 14.8 Å². The molecule has 37 heavy (non-hydrogen) atoms. The molecule has 0 aromatic heterocycles. The number of hydrogen-bond donors (Lipinski definition) is 3. The molecule has 2 saturated heterocycles. The predicted molar refractivity (Wildman–Crippen MR) is 141 cm³/mol. The fourth-order valence-electron chi connectivity index (χ4n) is 4.51. The zero-order valence-corrected chi connectivity index (χ0v) is 21.4. The van der Waals surface area contributed by atoms with Gasteiger partial charge in [0.1, 0.15) is 0 Å². The van der Waals surface area contributed by atoms with Crippen molar-refractivity contribution in [2.75, 3.05) is 37.6 Å². The molecule has 1 spiro atoms. The Bertz CT molecular complexity index is 1240. The van der Waals surface area contributed by atoms with Gasteiger partial charge in [0, 0.05) is 55.4 Å². The predicted octanol–water partition coefficient (Wildman–Crippen LogP) is 2.01. The molecule has 2 aromatic carbocycles. The highest BCUT2D eigenvalue weighted by atomic mass is 35.5. The van der Waals surface area contributed by atoms with Gasteiger partial charge in [0.05, 0.1) is 10.6 Å². The number of carbonyl (C=O) groups excluding carboxylic acids is 2. The maximum Gasteiger partial charge on any atom is 0.361 e. The van der Waals surface area contributed by atoms with Crippen molar-refractivity contribution in [1.82, 2.24) is 4.90 Å². The Balaban J connectivity index is 1.39. The average Bonchev–Trinajstić information content (AvgIpc) is 3.13. The Morgan fingerprint density at radius 3 is 2.24 bits per heavy atom. The van der Waals surface area contributed by atoms with Gasteiger partial charge in [0.2, 0.25) is 5.17 Å². The van der Waals surface area contributed by atoms with Crippen LogP contribution < -0.4 is 10.6 Å². The van der Waals surface area contributed by atoms with E-state index in [0.29, 0.717) is 34.2 Å². The van der Waals surface area contributed by atoms with E-state index in [-0.39, 0.29) is 5.17 Å². The van der Waals surface area contributed by atoms with Gasteiger partial charge < -0.3 is 29.2 Å². The first kappa shape index (κ1) is 25.6. The third-order valence-corrected chi connectivity index (χ3v) is 9.24. The second-order valence-corrected chi connectivity index (χ2v) is 11.5. The summed E-state index contributed by atoms with van der Waals surface area (Å²) >= 11 is 6.15. The number of aliphatic hydroxyl groups excluding tert-OH is 2. The Kier molecular flexibility index (Phi) is 7.15. The number of benzene rings is 2. The number of carbonyl (C=O) groups is 2. The smallest absolute Gasteiger partial charge is 0.361 e. The van der Waals surface area contributed by atoms with Crippen molar-refractivity contribution in [3.8, 4) is 0 Å². The van der Waals surface area contributed by atoms with Crippen LogP contribution in [-0.2, 0) is 18.0 Å². The lowest BCUT2D eigenvalue weighted by molar-refractivity contribution is -0.156. The van der Waals surface area contributed by atoms with E-state index >= 15 is 0 Å². The summed E-state index contributed by atoms with van der Waals surface area (Å²) in [7, 11) is -3.30. The summed E-state index contributed by atoms with van der Waals surface area (Å²) < 4.78 is 11.1. The van der Waals surface area contributed by atoms with Crippen LogP contribution in [-0.4, -0.2) is 77.2 Å². The summed E-state index contributed by atoms with van der Waals surface area (Å²) in [6.45, 7) is 3.70. The Morgan fingerprint density at radius 2 is 1.62 bits per heavy atom. The molecule has 2 fully saturated rings. The fraction of sp³-hybridized carbons (Fsp3) is 0.320. The van der Waals surface area contributed by atoms with Crippen LogP contribution in [0.1, 0.15) is 12.0 Å². The van der Waals surface area contributed by atoms with Gasteiger partial charge in [-0.15, -0.1) is 0 Å². The molecule has 3 aliphatic heterocycles. The van der Waals surface area contributed by atoms with E-state index in [0.717, 1.165) is 31.9 Å². The molecule has 12 heteroatoms. The van der Waals surface area contributed by atoms with Crippen LogP contribution in [0.5, 0.6) is 0 Å². The molecule has 10 nitrogen and oxygen atoms in total. The van der Waals surface area contributed by atoms with Crippen LogP contribution in [0.4, 0.5) is 5.69 Å². The van der Waals surface area contributed by atoms with Gasteiger partial charge in [0.25, 0.3) is 0 Å². The number of hydrogen-bond acceptors (Lipinski definition) is 10. The summed E-state index contributed by atoms with van der Waals surface area (Å²) in [6, 6.07) is 16.9. The van der Waals surface area contributed by atoms with Crippen molar-refractivity contribution in [3.05, 3.63) is 70.1 Å². The number of aliphatic imine (C=N–C) groups is 1. The van der Waals surface area contributed by atoms with Crippen LogP contribution in [0.2, 0.25) is 5.02 Å². The first-order valence-corrected chi connectivity index (χ1v) is 13.7. The summed E-state index contributed by atoms with van der Waals surface area (Å²) in [4.78, 5) is 34.6. The minimum atomic E-state index is -3.30. The number of rotatable bonds is 5. The summed E-state index contributed by atoms with van der Waals surface area (Å²) in [5.74, 6) is -2.37. The molecule has 4 N–H and O–H groups in total. The molecule has 196 valence electrons. The maximum atomic E-state index is 12.6. The zero-order chi connectivity index (χ0) is 26.2. The standard InChI is InChI=1S/C25H27ClN4O6S/c26-17-7-4-8-18(15-17)30-13-11-29(12-14-30)10-9-19-20(16-5-2-1-3-6-16)28-25(27)37(19)35-23(33)21(31)22(32)24(34)36-37/h1-8,15,21-22,31-32H,9-14H2,(H2,27,28). The molecule has 2 atom stereocenters. The number of amidine groups is 1. The first-order valence-electron chi connectivity index (χ1n) is 11.8. The average molecular weight is 547 g/mol. The molecule has 0 bridgehead atoms. The van der Waals surface area contributed by atoms with Crippen molar-refractivity contribution in [3.63, 3.8) is 0 Å². The lowest BCUT2D eigenvalue weighted by Crippen LogP contribution is -2.46. The molecular weight excluding hydrogens is 520 g/mol. The fourth-order valence-corrected chi connectivity index (χ4v) is 7.01. The van der Waals surface area contributed by atoms with E-state index in [1.165, 1.54) is 0 Å². The third-order valence-electron chi connectivity index (χ3n) is 6.51. The minimum absolute atomic E-state index is 0.171. The van der Waals surface area contributed by atoms with Crippen molar-refractivity contribution < 1.29 is 28.2 Å². The normalized spacial score (nSPS) is 28.4. The van der Waals surface area contributed by atoms with Gasteiger partial charge in [0.15, 0.2) is 12.2 Å². The van der Waals surface area contributed by atoms with Gasteiger partial charge in [-0.25, -0.2) is 14.6 Å². The number of nitrogens with zero attached hydrogens (tertiary/aromatic N) is 3. The number of nitrogens with two attached hydrogens (primary N) is 1. The second-order valence-electron chi connectivity index (χ2n) is 8.84. The van der Waals surface area contributed by atoms with Crippen LogP contribution in [0.3, 0.4) is 0 Å². The van der Waals surface area contributed by atoms with Crippen LogP contribution in [0.25, 0.3) is 5.70 Å². The van der Waals surface area contributed by atoms with E-state index in [1.807, 2.05) is 54.6 Å². The molecule has 0 amide bonds. The molecule has 3 heterocycles. The van der Waals surface area contributed by atoms with Crippen LogP contribution >= 0.6 is 22.2 Å². The molecule has 0 aliphatic carbocycles.